The summed E-state index contributed by atoms with van der Waals surface area (Å²) in [7, 11) is 1.91. The summed E-state index contributed by atoms with van der Waals surface area (Å²) in [4.78, 5) is 19.5. The van der Waals surface area contributed by atoms with Crippen molar-refractivity contribution < 1.29 is 9.32 Å². The SMILES string of the molecule is CCc1ccc(C(=O)N2CCc3c(c(-c4nc(-c5ccccc5)no4)nn3C)C2)cc1. The van der Waals surface area contributed by atoms with Gasteiger partial charge in [0.15, 0.2) is 5.69 Å². The second-order valence-electron chi connectivity index (χ2n) is 7.71. The van der Waals surface area contributed by atoms with Gasteiger partial charge in [0.1, 0.15) is 0 Å². The van der Waals surface area contributed by atoms with E-state index in [1.54, 1.807) is 0 Å². The van der Waals surface area contributed by atoms with E-state index < -0.39 is 0 Å². The van der Waals surface area contributed by atoms with E-state index in [0.29, 0.717) is 36.1 Å². The highest BCUT2D eigenvalue weighted by Gasteiger charge is 2.30. The van der Waals surface area contributed by atoms with E-state index in [4.69, 9.17) is 4.52 Å². The highest BCUT2D eigenvalue weighted by Crippen LogP contribution is 2.30. The normalized spacial score (nSPS) is 13.3. The molecule has 0 saturated heterocycles. The molecule has 0 bridgehead atoms. The molecule has 1 aliphatic rings. The van der Waals surface area contributed by atoms with Crippen molar-refractivity contribution in [2.75, 3.05) is 6.54 Å². The summed E-state index contributed by atoms with van der Waals surface area (Å²) in [6.07, 6.45) is 1.69. The largest absolute Gasteiger partial charge is 0.334 e. The van der Waals surface area contributed by atoms with Gasteiger partial charge in [-0.05, 0) is 24.1 Å². The Morgan fingerprint density at radius 3 is 2.61 bits per heavy atom. The minimum Gasteiger partial charge on any atom is -0.334 e. The van der Waals surface area contributed by atoms with Crippen molar-refractivity contribution in [2.24, 2.45) is 7.05 Å². The predicted octanol–water partition coefficient (Wildman–Crippen LogP) is 3.90. The molecule has 0 unspecified atom stereocenters. The van der Waals surface area contributed by atoms with Crippen LogP contribution in [0.25, 0.3) is 23.0 Å². The molecule has 7 nitrogen and oxygen atoms in total. The molecule has 31 heavy (non-hydrogen) atoms. The fourth-order valence-electron chi connectivity index (χ4n) is 4.03. The standard InChI is InChI=1S/C24H23N5O2/c1-3-16-9-11-18(12-10-16)24(30)29-14-13-20-19(15-29)21(26-28(20)2)23-25-22(27-31-23)17-7-5-4-6-8-17/h4-12H,3,13-15H2,1-2H3. The lowest BCUT2D eigenvalue weighted by Crippen LogP contribution is -2.36. The lowest BCUT2D eigenvalue weighted by Gasteiger charge is -2.27. The second kappa shape index (κ2) is 7.83. The molecular weight excluding hydrogens is 390 g/mol. The molecular formula is C24H23N5O2. The highest BCUT2D eigenvalue weighted by atomic mass is 16.5. The maximum Gasteiger partial charge on any atom is 0.279 e. The van der Waals surface area contributed by atoms with Gasteiger partial charge in [0.25, 0.3) is 11.8 Å². The summed E-state index contributed by atoms with van der Waals surface area (Å²) in [6, 6.07) is 17.5. The van der Waals surface area contributed by atoms with Crippen LogP contribution in [0.3, 0.4) is 0 Å². The van der Waals surface area contributed by atoms with Gasteiger partial charge in [-0.1, -0.05) is 54.5 Å². The molecule has 4 aromatic rings. The molecule has 2 aromatic carbocycles. The van der Waals surface area contributed by atoms with Crippen molar-refractivity contribution in [3.05, 3.63) is 77.0 Å². The van der Waals surface area contributed by atoms with Gasteiger partial charge in [-0.3, -0.25) is 9.48 Å². The number of carbonyl (C=O) groups excluding carboxylic acids is 1. The fourth-order valence-corrected chi connectivity index (χ4v) is 4.03. The summed E-state index contributed by atoms with van der Waals surface area (Å²) in [6.45, 7) is 3.23. The lowest BCUT2D eigenvalue weighted by molar-refractivity contribution is 0.0733. The van der Waals surface area contributed by atoms with E-state index in [1.165, 1.54) is 5.56 Å². The molecule has 0 fully saturated rings. The van der Waals surface area contributed by atoms with Gasteiger partial charge in [-0.15, -0.1) is 0 Å². The number of amides is 1. The third-order valence-corrected chi connectivity index (χ3v) is 5.80. The Kier molecular flexibility index (Phi) is 4.86. The second-order valence-corrected chi connectivity index (χ2v) is 7.71. The number of hydrogen-bond acceptors (Lipinski definition) is 5. The Hall–Kier alpha value is -3.74. The minimum absolute atomic E-state index is 0.0265. The van der Waals surface area contributed by atoms with Crippen molar-refractivity contribution >= 4 is 5.91 Å². The number of aryl methyl sites for hydroxylation is 2. The molecule has 0 saturated carbocycles. The number of fused-ring (bicyclic) bond motifs is 1. The molecule has 1 aliphatic heterocycles. The zero-order valence-corrected chi connectivity index (χ0v) is 17.6. The molecule has 2 aromatic heterocycles. The van der Waals surface area contributed by atoms with Crippen molar-refractivity contribution in [1.82, 2.24) is 24.8 Å². The van der Waals surface area contributed by atoms with Crippen LogP contribution in [0.15, 0.2) is 59.1 Å². The van der Waals surface area contributed by atoms with Crippen LogP contribution in [0.5, 0.6) is 0 Å². The highest BCUT2D eigenvalue weighted by molar-refractivity contribution is 5.94. The van der Waals surface area contributed by atoms with Gasteiger partial charge in [0.05, 0.1) is 6.54 Å². The first-order valence-electron chi connectivity index (χ1n) is 10.5. The van der Waals surface area contributed by atoms with Crippen LogP contribution >= 0.6 is 0 Å². The Morgan fingerprint density at radius 1 is 1.10 bits per heavy atom. The summed E-state index contributed by atoms with van der Waals surface area (Å²) in [5.41, 5.74) is 5.52. The van der Waals surface area contributed by atoms with Crippen LogP contribution < -0.4 is 0 Å². The van der Waals surface area contributed by atoms with Crippen LogP contribution in [-0.4, -0.2) is 37.3 Å². The molecule has 0 atom stereocenters. The number of hydrogen-bond donors (Lipinski definition) is 0. The average molecular weight is 413 g/mol. The first-order valence-corrected chi connectivity index (χ1v) is 10.5. The quantitative estimate of drug-likeness (QED) is 0.507. The molecule has 0 spiro atoms. The number of aromatic nitrogens is 4. The zero-order chi connectivity index (χ0) is 21.4. The predicted molar refractivity (Wildman–Crippen MR) is 116 cm³/mol. The molecule has 1 amide bonds. The van der Waals surface area contributed by atoms with Crippen LogP contribution in [0.2, 0.25) is 0 Å². The van der Waals surface area contributed by atoms with E-state index in [1.807, 2.05) is 71.2 Å². The van der Waals surface area contributed by atoms with E-state index in [-0.39, 0.29) is 5.91 Å². The van der Waals surface area contributed by atoms with Gasteiger partial charge < -0.3 is 9.42 Å². The Labute approximate surface area is 180 Å². The van der Waals surface area contributed by atoms with Crippen molar-refractivity contribution in [3.8, 4) is 23.0 Å². The monoisotopic (exact) mass is 413 g/mol. The van der Waals surface area contributed by atoms with Crippen molar-refractivity contribution in [3.63, 3.8) is 0 Å². The third kappa shape index (κ3) is 3.52. The molecule has 0 N–H and O–H groups in total. The molecule has 5 rings (SSSR count). The van der Waals surface area contributed by atoms with E-state index >= 15 is 0 Å². The Bertz CT molecular complexity index is 1220. The first-order chi connectivity index (χ1) is 15.1. The number of nitrogens with zero attached hydrogens (tertiary/aromatic N) is 5. The topological polar surface area (TPSA) is 77.1 Å². The fraction of sp³-hybridized carbons (Fsp3) is 0.250. The molecule has 3 heterocycles. The third-order valence-electron chi connectivity index (χ3n) is 5.80. The van der Waals surface area contributed by atoms with Gasteiger partial charge in [-0.2, -0.15) is 10.1 Å². The lowest BCUT2D eigenvalue weighted by atomic mass is 10.0. The van der Waals surface area contributed by atoms with Crippen molar-refractivity contribution in [1.29, 1.82) is 0 Å². The zero-order valence-electron chi connectivity index (χ0n) is 17.6. The van der Waals surface area contributed by atoms with E-state index in [9.17, 15) is 4.79 Å². The molecule has 7 heteroatoms. The summed E-state index contributed by atoms with van der Waals surface area (Å²) >= 11 is 0. The van der Waals surface area contributed by atoms with Crippen LogP contribution in [0, 0.1) is 0 Å². The summed E-state index contributed by atoms with van der Waals surface area (Å²) in [5.74, 6) is 0.922. The maximum absolute atomic E-state index is 13.1. The first kappa shape index (κ1) is 19.2. The summed E-state index contributed by atoms with van der Waals surface area (Å²) < 4.78 is 7.41. The Morgan fingerprint density at radius 2 is 1.87 bits per heavy atom. The van der Waals surface area contributed by atoms with Crippen LogP contribution in [0.1, 0.15) is 34.1 Å². The maximum atomic E-state index is 13.1. The summed E-state index contributed by atoms with van der Waals surface area (Å²) in [5, 5.41) is 8.76. The van der Waals surface area contributed by atoms with Gasteiger partial charge in [0, 0.05) is 42.4 Å². The number of carbonyl (C=O) groups is 1. The average Bonchev–Trinajstić information content (AvgIpc) is 3.44. The Balaban J connectivity index is 1.44. The van der Waals surface area contributed by atoms with Crippen LogP contribution in [-0.2, 0) is 26.4 Å². The molecule has 0 radical (unpaired) electrons. The van der Waals surface area contributed by atoms with Crippen molar-refractivity contribution in [2.45, 2.75) is 26.3 Å². The minimum atomic E-state index is 0.0265. The molecule has 156 valence electrons. The number of benzene rings is 2. The van der Waals surface area contributed by atoms with E-state index in [0.717, 1.165) is 29.7 Å². The van der Waals surface area contributed by atoms with Crippen LogP contribution in [0.4, 0.5) is 0 Å². The molecule has 0 aliphatic carbocycles. The van der Waals surface area contributed by atoms with E-state index in [2.05, 4.69) is 22.2 Å². The van der Waals surface area contributed by atoms with Gasteiger partial charge in [0.2, 0.25) is 5.82 Å². The van der Waals surface area contributed by atoms with Gasteiger partial charge in [-0.25, -0.2) is 0 Å². The number of rotatable bonds is 4. The van der Waals surface area contributed by atoms with Gasteiger partial charge >= 0.3 is 0 Å². The smallest absolute Gasteiger partial charge is 0.279 e.